The molecule has 0 aliphatic carbocycles. The van der Waals surface area contributed by atoms with Crippen LogP contribution in [0.15, 0.2) is 30.8 Å². The topological polar surface area (TPSA) is 61.1 Å². The number of benzene rings is 1. The van der Waals surface area contributed by atoms with E-state index in [0.717, 1.165) is 22.5 Å². The van der Waals surface area contributed by atoms with E-state index in [1.54, 1.807) is 0 Å². The minimum Gasteiger partial charge on any atom is -0.665 e. The molecule has 3 nitrogen and oxygen atoms in total. The molecule has 0 saturated carbocycles. The predicted octanol–water partition coefficient (Wildman–Crippen LogP) is 3.46. The van der Waals surface area contributed by atoms with Crippen LogP contribution in [0.2, 0.25) is 0 Å². The molecular formula is C13H16NO2SW-. The predicted molar refractivity (Wildman–Crippen MR) is 73.1 cm³/mol. The molecule has 2 N–H and O–H groups in total. The molecule has 0 unspecified atom stereocenters. The molecule has 1 atom stereocenters. The van der Waals surface area contributed by atoms with Gasteiger partial charge in [-0.15, -0.1) is 0 Å². The zero-order chi connectivity index (χ0) is 12.8. The summed E-state index contributed by atoms with van der Waals surface area (Å²) >= 11 is 1.47. The largest absolute Gasteiger partial charge is 0.665 e. The number of thioether (sulfide) groups is 1. The fourth-order valence-electron chi connectivity index (χ4n) is 1.25. The van der Waals surface area contributed by atoms with E-state index in [4.69, 9.17) is 10.8 Å². The molecule has 1 rings (SSSR count). The number of aliphatic carboxylic acids is 1. The van der Waals surface area contributed by atoms with Crippen molar-refractivity contribution in [3.8, 4) is 0 Å². The van der Waals surface area contributed by atoms with E-state index in [0.29, 0.717) is 5.75 Å². The molecule has 0 radical (unpaired) electrons. The van der Waals surface area contributed by atoms with Crippen molar-refractivity contribution < 1.29 is 31.0 Å². The van der Waals surface area contributed by atoms with Crippen LogP contribution >= 0.6 is 11.8 Å². The number of hydrogen-bond acceptors (Lipinski definition) is 2. The molecule has 0 aromatic heterocycles. The molecule has 0 heterocycles. The molecule has 0 fully saturated rings. The molecule has 98 valence electrons. The van der Waals surface area contributed by atoms with Gasteiger partial charge in [0.05, 0.1) is 0 Å². The van der Waals surface area contributed by atoms with Gasteiger partial charge in [-0.1, -0.05) is 36.4 Å². The van der Waals surface area contributed by atoms with Crippen LogP contribution in [0.1, 0.15) is 18.1 Å². The summed E-state index contributed by atoms with van der Waals surface area (Å²) in [7, 11) is 0. The van der Waals surface area contributed by atoms with Crippen molar-refractivity contribution in [1.82, 2.24) is 0 Å². The Morgan fingerprint density at radius 1 is 1.44 bits per heavy atom. The Kier molecular flexibility index (Phi) is 8.25. The molecule has 0 spiro atoms. The van der Waals surface area contributed by atoms with Crippen LogP contribution in [0.5, 0.6) is 0 Å². The van der Waals surface area contributed by atoms with Crippen molar-refractivity contribution in [2.75, 3.05) is 5.75 Å². The first-order chi connectivity index (χ1) is 8.00. The maximum atomic E-state index is 10.5. The molecular weight excluding hydrogens is 418 g/mol. The molecule has 18 heavy (non-hydrogen) atoms. The number of rotatable bonds is 6. The summed E-state index contributed by atoms with van der Waals surface area (Å²) in [6.45, 7) is 5.82. The van der Waals surface area contributed by atoms with Gasteiger partial charge in [0, 0.05) is 26.8 Å². The average Bonchev–Trinajstić information content (AvgIpc) is 2.29. The van der Waals surface area contributed by atoms with Crippen molar-refractivity contribution >= 4 is 23.3 Å². The van der Waals surface area contributed by atoms with Crippen LogP contribution in [-0.4, -0.2) is 22.9 Å². The fraction of sp³-hybridized carbons (Fsp3) is 0.308. The van der Waals surface area contributed by atoms with Gasteiger partial charge in [0.25, 0.3) is 5.97 Å². The Bertz CT molecular complexity index is 406. The van der Waals surface area contributed by atoms with Crippen LogP contribution in [0.25, 0.3) is 11.3 Å². The first kappa shape index (κ1) is 17.4. The van der Waals surface area contributed by atoms with E-state index < -0.39 is 12.0 Å². The summed E-state index contributed by atoms with van der Waals surface area (Å²) in [5, 5.41) is 8.57. The standard InChI is InChI=1S/C13H16NO2S.W/c1-9(2)11-5-3-10(4-6-11)7-17-8-12(14)13(15)16;/h3-6,12,14H,1,7-8H2,2H3,(H,15,16);/q-1;/t12-;/m0./s1. The summed E-state index contributed by atoms with van der Waals surface area (Å²) in [5.41, 5.74) is 10.5. The minimum absolute atomic E-state index is 0. The maximum absolute atomic E-state index is 10.5. The minimum atomic E-state index is -1.06. The Labute approximate surface area is 126 Å². The summed E-state index contributed by atoms with van der Waals surface area (Å²) in [4.78, 5) is 10.5. The number of nitrogens with one attached hydrogen (secondary N) is 1. The van der Waals surface area contributed by atoms with Gasteiger partial charge >= 0.3 is 0 Å². The number of carboxylic acids is 1. The van der Waals surface area contributed by atoms with Gasteiger partial charge < -0.3 is 10.8 Å². The number of allylic oxidation sites excluding steroid dienone is 1. The van der Waals surface area contributed by atoms with Gasteiger partial charge in [0.15, 0.2) is 0 Å². The van der Waals surface area contributed by atoms with Crippen LogP contribution < -0.4 is 0 Å². The third-order valence-electron chi connectivity index (χ3n) is 2.30. The van der Waals surface area contributed by atoms with E-state index >= 15 is 0 Å². The Balaban J connectivity index is 0.00000289. The van der Waals surface area contributed by atoms with E-state index in [1.165, 1.54) is 11.8 Å². The van der Waals surface area contributed by atoms with E-state index in [-0.39, 0.29) is 21.1 Å². The van der Waals surface area contributed by atoms with Crippen LogP contribution in [-0.2, 0) is 31.6 Å². The third kappa shape index (κ3) is 5.85. The van der Waals surface area contributed by atoms with E-state index in [9.17, 15) is 4.79 Å². The van der Waals surface area contributed by atoms with Crippen LogP contribution in [0.3, 0.4) is 0 Å². The zero-order valence-electron chi connectivity index (χ0n) is 10.2. The summed E-state index contributed by atoms with van der Waals surface area (Å²) in [6, 6.07) is 7.00. The van der Waals surface area contributed by atoms with Crippen molar-refractivity contribution in [2.24, 2.45) is 0 Å². The SMILES string of the molecule is C=C(C)c1ccc(CSC[C@H]([NH-])C(=O)O)cc1.[W]. The number of hydrogen-bond donors (Lipinski definition) is 1. The molecule has 0 aliphatic rings. The van der Waals surface area contributed by atoms with Crippen molar-refractivity contribution in [2.45, 2.75) is 18.7 Å². The van der Waals surface area contributed by atoms with Gasteiger partial charge in [0.2, 0.25) is 0 Å². The number of carboxylic acid groups (broad SMARTS) is 1. The zero-order valence-corrected chi connectivity index (χ0v) is 13.9. The molecule has 0 saturated heterocycles. The van der Waals surface area contributed by atoms with Gasteiger partial charge in [-0.25, -0.2) is 0 Å². The molecule has 1 aromatic rings. The molecule has 0 amide bonds. The quantitative estimate of drug-likeness (QED) is 0.747. The smallest absolute Gasteiger partial charge is 0.286 e. The third-order valence-corrected chi connectivity index (χ3v) is 3.40. The van der Waals surface area contributed by atoms with Crippen LogP contribution in [0, 0.1) is 0 Å². The number of carbonyl (C=O) groups is 1. The van der Waals surface area contributed by atoms with E-state index in [2.05, 4.69) is 6.58 Å². The van der Waals surface area contributed by atoms with Crippen molar-refractivity contribution in [1.29, 1.82) is 0 Å². The first-order valence-corrected chi connectivity index (χ1v) is 6.42. The first-order valence-electron chi connectivity index (χ1n) is 5.27. The van der Waals surface area contributed by atoms with Gasteiger partial charge in [0.1, 0.15) is 0 Å². The fourth-order valence-corrected chi connectivity index (χ4v) is 2.18. The normalized spacial score (nSPS) is 11.4. The van der Waals surface area contributed by atoms with Gasteiger partial charge in [-0.05, 0) is 29.8 Å². The van der Waals surface area contributed by atoms with Crippen molar-refractivity contribution in [3.05, 3.63) is 47.7 Å². The summed E-state index contributed by atoms with van der Waals surface area (Å²) in [5.74, 6) is -0.00778. The Hall–Kier alpha value is -0.572. The molecule has 0 aliphatic heterocycles. The Morgan fingerprint density at radius 2 is 2.00 bits per heavy atom. The van der Waals surface area contributed by atoms with Crippen molar-refractivity contribution in [3.63, 3.8) is 0 Å². The van der Waals surface area contributed by atoms with Gasteiger partial charge in [-0.3, -0.25) is 4.79 Å². The van der Waals surface area contributed by atoms with Crippen LogP contribution in [0.4, 0.5) is 0 Å². The maximum Gasteiger partial charge on any atom is 0.286 e. The van der Waals surface area contributed by atoms with Gasteiger partial charge in [-0.2, -0.15) is 11.8 Å². The second-order valence-corrected chi connectivity index (χ2v) is 4.91. The molecule has 1 aromatic carbocycles. The Morgan fingerprint density at radius 3 is 2.44 bits per heavy atom. The van der Waals surface area contributed by atoms with E-state index in [1.807, 2.05) is 31.2 Å². The monoisotopic (exact) mass is 434 g/mol. The molecule has 5 heteroatoms. The second kappa shape index (κ2) is 8.52. The molecule has 0 bridgehead atoms. The summed E-state index contributed by atoms with van der Waals surface area (Å²) in [6.07, 6.45) is 0. The average molecular weight is 434 g/mol. The second-order valence-electron chi connectivity index (χ2n) is 3.88. The summed E-state index contributed by atoms with van der Waals surface area (Å²) < 4.78 is 0.